The van der Waals surface area contributed by atoms with Crippen molar-refractivity contribution in [1.82, 2.24) is 4.57 Å². The second-order valence-corrected chi connectivity index (χ2v) is 6.83. The summed E-state index contributed by atoms with van der Waals surface area (Å²) in [6.45, 7) is 4.06. The molecule has 1 amide bonds. The van der Waals surface area contributed by atoms with Gasteiger partial charge in [0.05, 0.1) is 0 Å². The van der Waals surface area contributed by atoms with E-state index in [9.17, 15) is 14.4 Å². The van der Waals surface area contributed by atoms with E-state index < -0.39 is 11.7 Å². The van der Waals surface area contributed by atoms with Gasteiger partial charge in [-0.1, -0.05) is 0 Å². The van der Waals surface area contributed by atoms with Crippen LogP contribution in [0, 0.1) is 31.0 Å². The third-order valence-electron chi connectivity index (χ3n) is 4.85. The Bertz CT molecular complexity index is 1200. The first-order chi connectivity index (χ1) is 14.5. The predicted molar refractivity (Wildman–Crippen MR) is 110 cm³/mol. The monoisotopic (exact) mass is 403 g/mol. The van der Waals surface area contributed by atoms with E-state index in [0.29, 0.717) is 17.2 Å². The van der Waals surface area contributed by atoms with Gasteiger partial charge in [0.1, 0.15) is 17.5 Å². The Kier molecular flexibility index (Phi) is 4.98. The molecule has 0 saturated heterocycles. The molecule has 0 unspecified atom stereocenters. The number of carbonyl (C=O) groups is 1. The van der Waals surface area contributed by atoms with Crippen LogP contribution >= 0.6 is 0 Å². The molecule has 0 saturated carbocycles. The number of aromatic nitrogens is 1. The van der Waals surface area contributed by atoms with Crippen molar-refractivity contribution in [3.63, 3.8) is 0 Å². The van der Waals surface area contributed by atoms with Crippen molar-refractivity contribution in [1.29, 1.82) is 5.26 Å². The Labute approximate surface area is 172 Å². The zero-order chi connectivity index (χ0) is 21.3. The van der Waals surface area contributed by atoms with Crippen LogP contribution in [0.2, 0.25) is 0 Å². The molecule has 3 aromatic rings. The highest BCUT2D eigenvalue weighted by Gasteiger charge is 2.17. The molecule has 0 bridgehead atoms. The molecule has 0 radical (unpaired) electrons. The molecule has 30 heavy (non-hydrogen) atoms. The normalized spacial score (nSPS) is 12.5. The van der Waals surface area contributed by atoms with Gasteiger partial charge in [-0.05, 0) is 68.0 Å². The van der Waals surface area contributed by atoms with E-state index in [2.05, 4.69) is 5.32 Å². The lowest BCUT2D eigenvalue weighted by Crippen LogP contribution is -2.13. The van der Waals surface area contributed by atoms with Crippen molar-refractivity contribution in [2.75, 3.05) is 12.1 Å². The van der Waals surface area contributed by atoms with E-state index in [-0.39, 0.29) is 12.4 Å². The van der Waals surface area contributed by atoms with Gasteiger partial charge in [0.2, 0.25) is 6.79 Å². The lowest BCUT2D eigenvalue weighted by atomic mass is 10.1. The van der Waals surface area contributed by atoms with Crippen molar-refractivity contribution in [2.24, 2.45) is 0 Å². The van der Waals surface area contributed by atoms with Gasteiger partial charge >= 0.3 is 0 Å². The van der Waals surface area contributed by atoms with Gasteiger partial charge in [-0.3, -0.25) is 4.79 Å². The van der Waals surface area contributed by atoms with Crippen molar-refractivity contribution in [2.45, 2.75) is 13.8 Å². The Morgan fingerprint density at radius 3 is 2.60 bits per heavy atom. The SMILES string of the molecule is Cc1cc(/C=C(/C#N)C(=O)Nc2ccc(F)cc2)c(C)n1-c1ccc2c(c1)OCO2. The molecule has 2 aromatic carbocycles. The van der Waals surface area contributed by atoms with Gasteiger partial charge in [-0.2, -0.15) is 5.26 Å². The molecule has 150 valence electrons. The lowest BCUT2D eigenvalue weighted by Gasteiger charge is -2.10. The number of nitrogens with zero attached hydrogens (tertiary/aromatic N) is 2. The maximum Gasteiger partial charge on any atom is 0.266 e. The largest absolute Gasteiger partial charge is 0.454 e. The fourth-order valence-electron chi connectivity index (χ4n) is 3.39. The van der Waals surface area contributed by atoms with Crippen LogP contribution in [-0.2, 0) is 4.79 Å². The van der Waals surface area contributed by atoms with Crippen LogP contribution in [0.25, 0.3) is 11.8 Å². The second kappa shape index (κ2) is 7.76. The molecule has 7 heteroatoms. The highest BCUT2D eigenvalue weighted by Crippen LogP contribution is 2.35. The quantitative estimate of drug-likeness (QED) is 0.514. The summed E-state index contributed by atoms with van der Waals surface area (Å²) in [4.78, 5) is 12.5. The standard InChI is InChI=1S/C23H18FN3O3/c1-14-9-16(10-17(12-25)23(28)26-19-5-3-18(24)4-6-19)15(2)27(14)20-7-8-21-22(11-20)30-13-29-21/h3-11H,13H2,1-2H3,(H,26,28)/b17-10-. The average molecular weight is 403 g/mol. The van der Waals surface area contributed by atoms with Crippen molar-refractivity contribution >= 4 is 17.7 Å². The fourth-order valence-corrected chi connectivity index (χ4v) is 3.39. The summed E-state index contributed by atoms with van der Waals surface area (Å²) < 4.78 is 25.9. The summed E-state index contributed by atoms with van der Waals surface area (Å²) >= 11 is 0. The van der Waals surface area contributed by atoms with E-state index in [1.807, 2.05) is 48.7 Å². The zero-order valence-electron chi connectivity index (χ0n) is 16.4. The molecular formula is C23H18FN3O3. The van der Waals surface area contributed by atoms with Crippen molar-refractivity contribution in [3.8, 4) is 23.3 Å². The minimum absolute atomic E-state index is 0.0507. The lowest BCUT2D eigenvalue weighted by molar-refractivity contribution is -0.112. The second-order valence-electron chi connectivity index (χ2n) is 6.83. The highest BCUT2D eigenvalue weighted by atomic mass is 19.1. The van der Waals surface area contributed by atoms with Crippen molar-refractivity contribution in [3.05, 3.63) is 76.9 Å². The van der Waals surface area contributed by atoms with Crippen LogP contribution < -0.4 is 14.8 Å². The Hall–Kier alpha value is -4.05. The van der Waals surface area contributed by atoms with Gasteiger partial charge in [0.25, 0.3) is 5.91 Å². The molecule has 1 aliphatic heterocycles. The topological polar surface area (TPSA) is 76.3 Å². The van der Waals surface area contributed by atoms with Gasteiger partial charge in [0.15, 0.2) is 11.5 Å². The van der Waals surface area contributed by atoms with E-state index in [4.69, 9.17) is 9.47 Å². The molecule has 0 fully saturated rings. The number of rotatable bonds is 4. The maximum atomic E-state index is 13.0. The number of nitrogens with one attached hydrogen (secondary N) is 1. The zero-order valence-corrected chi connectivity index (χ0v) is 16.4. The molecule has 4 rings (SSSR count). The fraction of sp³-hybridized carbons (Fsp3) is 0.130. The summed E-state index contributed by atoms with van der Waals surface area (Å²) in [5.74, 6) is 0.413. The summed E-state index contributed by atoms with van der Waals surface area (Å²) in [5.41, 5.74) is 3.81. The number of benzene rings is 2. The summed E-state index contributed by atoms with van der Waals surface area (Å²) in [6, 6.07) is 14.9. The van der Waals surface area contributed by atoms with Crippen LogP contribution in [0.1, 0.15) is 17.0 Å². The number of fused-ring (bicyclic) bond motifs is 1. The molecule has 0 aliphatic carbocycles. The summed E-state index contributed by atoms with van der Waals surface area (Å²) in [7, 11) is 0. The summed E-state index contributed by atoms with van der Waals surface area (Å²) in [6.07, 6.45) is 1.55. The van der Waals surface area contributed by atoms with Gasteiger partial charge < -0.3 is 19.4 Å². The molecule has 1 aromatic heterocycles. The molecule has 1 aliphatic rings. The van der Waals surface area contributed by atoms with Gasteiger partial charge in [-0.25, -0.2) is 4.39 Å². The molecular weight excluding hydrogens is 385 g/mol. The van der Waals surface area contributed by atoms with Gasteiger partial charge in [0, 0.05) is 28.8 Å². The molecule has 1 N–H and O–H groups in total. The summed E-state index contributed by atoms with van der Waals surface area (Å²) in [5, 5.41) is 12.1. The molecule has 0 spiro atoms. The number of aryl methyl sites for hydroxylation is 1. The van der Waals surface area contributed by atoms with Crippen molar-refractivity contribution < 1.29 is 18.7 Å². The minimum Gasteiger partial charge on any atom is -0.454 e. The number of carbonyl (C=O) groups excluding carboxylic acids is 1. The third-order valence-corrected chi connectivity index (χ3v) is 4.85. The molecule has 2 heterocycles. The number of ether oxygens (including phenoxy) is 2. The first kappa shape index (κ1) is 19.3. The Balaban J connectivity index is 1.64. The number of halogens is 1. The number of hydrogen-bond acceptors (Lipinski definition) is 4. The predicted octanol–water partition coefficient (Wildman–Crippen LogP) is 4.51. The number of anilines is 1. The van der Waals surface area contributed by atoms with Crippen LogP contribution in [0.4, 0.5) is 10.1 Å². The highest BCUT2D eigenvalue weighted by molar-refractivity contribution is 6.09. The number of hydrogen-bond donors (Lipinski definition) is 1. The average Bonchev–Trinajstić information content (AvgIpc) is 3.31. The van der Waals surface area contributed by atoms with E-state index in [1.54, 1.807) is 6.08 Å². The molecule has 0 atom stereocenters. The van der Waals surface area contributed by atoms with E-state index in [1.165, 1.54) is 24.3 Å². The van der Waals surface area contributed by atoms with Crippen LogP contribution in [0.15, 0.2) is 54.1 Å². The molecule has 6 nitrogen and oxygen atoms in total. The smallest absolute Gasteiger partial charge is 0.266 e. The third kappa shape index (κ3) is 3.63. The maximum absolute atomic E-state index is 13.0. The first-order valence-corrected chi connectivity index (χ1v) is 9.24. The van der Waals surface area contributed by atoms with E-state index >= 15 is 0 Å². The number of amides is 1. The van der Waals surface area contributed by atoms with E-state index in [0.717, 1.165) is 22.6 Å². The minimum atomic E-state index is -0.558. The first-order valence-electron chi connectivity index (χ1n) is 9.24. The van der Waals surface area contributed by atoms with Crippen LogP contribution in [0.5, 0.6) is 11.5 Å². The van der Waals surface area contributed by atoms with Crippen LogP contribution in [-0.4, -0.2) is 17.3 Å². The van der Waals surface area contributed by atoms with Crippen LogP contribution in [0.3, 0.4) is 0 Å². The Morgan fingerprint density at radius 1 is 1.13 bits per heavy atom. The Morgan fingerprint density at radius 2 is 1.87 bits per heavy atom. The number of nitriles is 1. The van der Waals surface area contributed by atoms with Gasteiger partial charge in [-0.15, -0.1) is 0 Å².